The number of nitrogens with two attached hydrogens (primary N) is 1. The van der Waals surface area contributed by atoms with Crippen molar-refractivity contribution in [1.29, 1.82) is 0 Å². The molecule has 0 fully saturated rings. The minimum absolute atomic E-state index is 0.155. The first-order valence-corrected chi connectivity index (χ1v) is 9.14. The number of hydrogen-bond acceptors (Lipinski definition) is 4. The van der Waals surface area contributed by atoms with Gasteiger partial charge in [0.25, 0.3) is 5.91 Å². The summed E-state index contributed by atoms with van der Waals surface area (Å²) >= 11 is 2.77. The third-order valence-electron chi connectivity index (χ3n) is 3.57. The molecule has 1 heterocycles. The van der Waals surface area contributed by atoms with Crippen molar-refractivity contribution in [3.8, 4) is 0 Å². The van der Waals surface area contributed by atoms with Crippen LogP contribution in [0.15, 0.2) is 58.8 Å². The van der Waals surface area contributed by atoms with Crippen molar-refractivity contribution < 1.29 is 9.59 Å². The Balaban J connectivity index is 1.71. The fraction of sp³-hybridized carbons (Fsp3) is 0.111. The van der Waals surface area contributed by atoms with E-state index in [2.05, 4.69) is 23.5 Å². The van der Waals surface area contributed by atoms with Gasteiger partial charge in [0.15, 0.2) is 0 Å². The number of primary amides is 1. The maximum Gasteiger partial charge on any atom is 0.251 e. The number of benzene rings is 2. The van der Waals surface area contributed by atoms with Crippen LogP contribution >= 0.6 is 23.1 Å². The highest BCUT2D eigenvalue weighted by molar-refractivity contribution is 8.00. The lowest BCUT2D eigenvalue weighted by Crippen LogP contribution is -2.23. The van der Waals surface area contributed by atoms with E-state index in [0.29, 0.717) is 10.6 Å². The normalized spacial score (nSPS) is 12.0. The first kappa shape index (κ1) is 16.5. The number of thioether (sulfide) groups is 1. The fourth-order valence-electron chi connectivity index (χ4n) is 2.31. The van der Waals surface area contributed by atoms with Gasteiger partial charge in [0.1, 0.15) is 5.00 Å². The smallest absolute Gasteiger partial charge is 0.251 e. The van der Waals surface area contributed by atoms with Crippen molar-refractivity contribution in [3.63, 3.8) is 0 Å². The summed E-state index contributed by atoms with van der Waals surface area (Å²) in [5.74, 6) is -0.695. The lowest BCUT2D eigenvalue weighted by molar-refractivity contribution is -0.115. The number of carbonyl (C=O) groups is 2. The van der Waals surface area contributed by atoms with Gasteiger partial charge in [0.2, 0.25) is 5.91 Å². The van der Waals surface area contributed by atoms with Crippen molar-refractivity contribution in [2.24, 2.45) is 5.73 Å². The Hall–Kier alpha value is -2.31. The molecule has 3 rings (SSSR count). The first-order valence-electron chi connectivity index (χ1n) is 7.38. The van der Waals surface area contributed by atoms with Crippen LogP contribution in [0.5, 0.6) is 0 Å². The van der Waals surface area contributed by atoms with Crippen LogP contribution in [0.1, 0.15) is 17.3 Å². The van der Waals surface area contributed by atoms with Crippen LogP contribution in [0.3, 0.4) is 0 Å². The number of hydrogen-bond donors (Lipinski definition) is 2. The van der Waals surface area contributed by atoms with Crippen LogP contribution in [0.2, 0.25) is 0 Å². The largest absolute Gasteiger partial charge is 0.366 e. The summed E-state index contributed by atoms with van der Waals surface area (Å²) in [7, 11) is 0. The molecule has 4 nitrogen and oxygen atoms in total. The zero-order valence-corrected chi connectivity index (χ0v) is 14.6. The fourth-order valence-corrected chi connectivity index (χ4v) is 4.02. The van der Waals surface area contributed by atoms with E-state index in [1.54, 1.807) is 11.4 Å². The molecule has 3 aromatic rings. The Labute approximate surface area is 148 Å². The van der Waals surface area contributed by atoms with Gasteiger partial charge in [0.05, 0.1) is 10.8 Å². The summed E-state index contributed by atoms with van der Waals surface area (Å²) in [5, 5.41) is 7.03. The Kier molecular flexibility index (Phi) is 4.87. The van der Waals surface area contributed by atoms with Gasteiger partial charge >= 0.3 is 0 Å². The average Bonchev–Trinajstić information content (AvgIpc) is 3.03. The van der Waals surface area contributed by atoms with Gasteiger partial charge in [-0.05, 0) is 41.3 Å². The number of nitrogens with one attached hydrogen (secondary N) is 1. The molecule has 0 aliphatic carbocycles. The van der Waals surface area contributed by atoms with Crippen LogP contribution in [0, 0.1) is 0 Å². The van der Waals surface area contributed by atoms with E-state index >= 15 is 0 Å². The van der Waals surface area contributed by atoms with Crippen molar-refractivity contribution in [2.75, 3.05) is 5.32 Å². The second kappa shape index (κ2) is 7.07. The highest BCUT2D eigenvalue weighted by Crippen LogP contribution is 2.29. The molecule has 0 aliphatic rings. The molecule has 0 radical (unpaired) electrons. The van der Waals surface area contributed by atoms with Crippen molar-refractivity contribution >= 4 is 50.7 Å². The second-order valence-corrected chi connectivity index (χ2v) is 7.62. The molecular formula is C18H16N2O2S2. The summed E-state index contributed by atoms with van der Waals surface area (Å²) < 4.78 is 0. The predicted octanol–water partition coefficient (Wildman–Crippen LogP) is 4.12. The van der Waals surface area contributed by atoms with E-state index in [4.69, 9.17) is 5.73 Å². The molecule has 0 unspecified atom stereocenters. The van der Waals surface area contributed by atoms with Gasteiger partial charge < -0.3 is 11.1 Å². The van der Waals surface area contributed by atoms with Crippen LogP contribution in [0.4, 0.5) is 5.00 Å². The van der Waals surface area contributed by atoms with Crippen LogP contribution in [-0.2, 0) is 4.79 Å². The Bertz CT molecular complexity index is 905. The first-order chi connectivity index (χ1) is 11.5. The zero-order valence-electron chi connectivity index (χ0n) is 13.0. The molecule has 6 heteroatoms. The lowest BCUT2D eigenvalue weighted by atomic mass is 10.1. The summed E-state index contributed by atoms with van der Waals surface area (Å²) in [6, 6.07) is 15.9. The number of rotatable bonds is 5. The molecule has 3 N–H and O–H groups in total. The molecule has 0 bridgehead atoms. The Morgan fingerprint density at radius 1 is 1.12 bits per heavy atom. The molecule has 0 saturated heterocycles. The molecule has 122 valence electrons. The van der Waals surface area contributed by atoms with E-state index in [1.807, 2.05) is 31.2 Å². The highest BCUT2D eigenvalue weighted by Gasteiger charge is 2.18. The van der Waals surface area contributed by atoms with Crippen LogP contribution < -0.4 is 11.1 Å². The molecule has 24 heavy (non-hydrogen) atoms. The molecule has 1 atom stereocenters. The Morgan fingerprint density at radius 2 is 1.88 bits per heavy atom. The van der Waals surface area contributed by atoms with Gasteiger partial charge in [-0.2, -0.15) is 0 Å². The maximum atomic E-state index is 12.4. The van der Waals surface area contributed by atoms with Gasteiger partial charge in [-0.15, -0.1) is 23.1 Å². The van der Waals surface area contributed by atoms with Gasteiger partial charge in [-0.25, -0.2) is 0 Å². The predicted molar refractivity (Wildman–Crippen MR) is 101 cm³/mol. The van der Waals surface area contributed by atoms with Crippen molar-refractivity contribution in [2.45, 2.75) is 17.1 Å². The number of amides is 2. The molecule has 0 saturated carbocycles. The van der Waals surface area contributed by atoms with E-state index in [-0.39, 0.29) is 11.2 Å². The van der Waals surface area contributed by atoms with Gasteiger partial charge in [-0.3, -0.25) is 9.59 Å². The van der Waals surface area contributed by atoms with Crippen LogP contribution in [-0.4, -0.2) is 17.1 Å². The van der Waals surface area contributed by atoms with E-state index < -0.39 is 5.91 Å². The minimum atomic E-state index is -0.540. The van der Waals surface area contributed by atoms with Gasteiger partial charge in [0, 0.05) is 4.90 Å². The van der Waals surface area contributed by atoms with Crippen molar-refractivity contribution in [1.82, 2.24) is 0 Å². The van der Waals surface area contributed by atoms with E-state index in [0.717, 1.165) is 10.3 Å². The lowest BCUT2D eigenvalue weighted by Gasteiger charge is -2.12. The Morgan fingerprint density at radius 3 is 2.62 bits per heavy atom. The SMILES string of the molecule is C[C@@H](Sc1ccc2ccccc2c1)C(=O)Nc1sccc1C(N)=O. The van der Waals surface area contributed by atoms with E-state index in [9.17, 15) is 9.59 Å². The maximum absolute atomic E-state index is 12.4. The number of carbonyl (C=O) groups excluding carboxylic acids is 2. The average molecular weight is 356 g/mol. The molecule has 0 spiro atoms. The number of anilines is 1. The second-order valence-electron chi connectivity index (χ2n) is 5.29. The minimum Gasteiger partial charge on any atom is -0.366 e. The third-order valence-corrected chi connectivity index (χ3v) is 5.49. The highest BCUT2D eigenvalue weighted by atomic mass is 32.2. The third kappa shape index (κ3) is 3.60. The molecular weight excluding hydrogens is 340 g/mol. The number of fused-ring (bicyclic) bond motifs is 1. The quantitative estimate of drug-likeness (QED) is 0.676. The topological polar surface area (TPSA) is 72.2 Å². The van der Waals surface area contributed by atoms with Gasteiger partial charge in [-0.1, -0.05) is 30.3 Å². The zero-order chi connectivity index (χ0) is 17.1. The molecule has 0 aliphatic heterocycles. The number of thiophene rings is 1. The standard InChI is InChI=1S/C18H16N2O2S2/c1-11(17(22)20-18-15(16(19)21)8-9-23-18)24-14-7-6-12-4-2-3-5-13(12)10-14/h2-11H,1H3,(H2,19,21)(H,20,22)/t11-/m1/s1. The molecule has 2 amide bonds. The van der Waals surface area contributed by atoms with E-state index in [1.165, 1.54) is 28.5 Å². The summed E-state index contributed by atoms with van der Waals surface area (Å²) in [6.07, 6.45) is 0. The molecule has 2 aromatic carbocycles. The summed E-state index contributed by atoms with van der Waals surface area (Å²) in [4.78, 5) is 24.7. The summed E-state index contributed by atoms with van der Waals surface area (Å²) in [5.41, 5.74) is 5.64. The van der Waals surface area contributed by atoms with Crippen molar-refractivity contribution in [3.05, 3.63) is 59.5 Å². The molecule has 1 aromatic heterocycles. The summed E-state index contributed by atoms with van der Waals surface area (Å²) in [6.45, 7) is 1.84. The monoisotopic (exact) mass is 356 g/mol. The van der Waals surface area contributed by atoms with Crippen LogP contribution in [0.25, 0.3) is 10.8 Å².